The van der Waals surface area contributed by atoms with Crippen molar-refractivity contribution in [3.63, 3.8) is 0 Å². The van der Waals surface area contributed by atoms with Gasteiger partial charge in [-0.3, -0.25) is 9.59 Å². The van der Waals surface area contributed by atoms with Gasteiger partial charge in [-0.2, -0.15) is 0 Å². The van der Waals surface area contributed by atoms with Crippen LogP contribution in [-0.2, 0) is 9.59 Å². The highest BCUT2D eigenvalue weighted by Gasteiger charge is 2.22. The Morgan fingerprint density at radius 3 is 2.67 bits per heavy atom. The van der Waals surface area contributed by atoms with Gasteiger partial charge in [-0.15, -0.1) is 0 Å². The van der Waals surface area contributed by atoms with Gasteiger partial charge in [0.1, 0.15) is 5.78 Å². The zero-order valence-electron chi connectivity index (χ0n) is 14.8. The molecule has 1 aromatic rings. The second-order valence-corrected chi connectivity index (χ2v) is 6.85. The first-order valence-electron chi connectivity index (χ1n) is 8.20. The van der Waals surface area contributed by atoms with Gasteiger partial charge >= 0.3 is 0 Å². The topological polar surface area (TPSA) is 76.7 Å². The molecule has 0 spiro atoms. The highest BCUT2D eigenvalue weighted by Crippen LogP contribution is 2.34. The Balaban J connectivity index is 1.77. The van der Waals surface area contributed by atoms with Crippen molar-refractivity contribution in [2.24, 2.45) is 0 Å². The third kappa shape index (κ3) is 5.23. The number of amides is 1. The molecule has 24 heavy (non-hydrogen) atoms. The summed E-state index contributed by atoms with van der Waals surface area (Å²) in [6.07, 6.45) is 0.690. The summed E-state index contributed by atoms with van der Waals surface area (Å²) in [6, 6.07) is 5.93. The molecule has 1 heterocycles. The minimum atomic E-state index is -0.508. The summed E-state index contributed by atoms with van der Waals surface area (Å²) < 4.78 is 10.7. The molecule has 6 nitrogen and oxygen atoms in total. The summed E-state index contributed by atoms with van der Waals surface area (Å²) >= 11 is 0. The molecule has 2 N–H and O–H groups in total. The molecule has 2 rings (SSSR count). The quantitative estimate of drug-likeness (QED) is 0.763. The fourth-order valence-electron chi connectivity index (χ4n) is 2.81. The van der Waals surface area contributed by atoms with Gasteiger partial charge < -0.3 is 20.1 Å². The number of hydrogen-bond acceptors (Lipinski definition) is 5. The van der Waals surface area contributed by atoms with E-state index < -0.39 is 5.54 Å². The molecule has 0 saturated heterocycles. The number of ketones is 1. The second kappa shape index (κ2) is 7.66. The van der Waals surface area contributed by atoms with Gasteiger partial charge in [-0.05, 0) is 45.4 Å². The van der Waals surface area contributed by atoms with Crippen LogP contribution in [0.1, 0.15) is 52.1 Å². The smallest absolute Gasteiger partial charge is 0.231 e. The molecule has 1 aliphatic rings. The normalized spacial score (nSPS) is 14.3. The zero-order chi connectivity index (χ0) is 17.7. The Hall–Kier alpha value is -2.08. The zero-order valence-corrected chi connectivity index (χ0v) is 14.8. The molecular weight excluding hydrogens is 308 g/mol. The molecule has 0 fully saturated rings. The average molecular weight is 334 g/mol. The molecule has 132 valence electrons. The molecule has 0 saturated carbocycles. The number of carbonyl (C=O) groups excluding carboxylic acids is 2. The Morgan fingerprint density at radius 2 is 1.96 bits per heavy atom. The Labute approximate surface area is 142 Å². The number of nitrogens with one attached hydrogen (secondary N) is 2. The van der Waals surface area contributed by atoms with Gasteiger partial charge in [-0.25, -0.2) is 0 Å². The van der Waals surface area contributed by atoms with Crippen LogP contribution in [0.15, 0.2) is 18.2 Å². The molecule has 6 heteroatoms. The van der Waals surface area contributed by atoms with Crippen molar-refractivity contribution < 1.29 is 19.1 Å². The Morgan fingerprint density at radius 1 is 1.25 bits per heavy atom. The van der Waals surface area contributed by atoms with E-state index in [-0.39, 0.29) is 24.5 Å². The number of ether oxygens (including phenoxy) is 2. The average Bonchev–Trinajstić information content (AvgIpc) is 2.92. The number of hydrogen-bond donors (Lipinski definition) is 2. The van der Waals surface area contributed by atoms with Crippen LogP contribution >= 0.6 is 0 Å². The molecule has 1 atom stereocenters. The summed E-state index contributed by atoms with van der Waals surface area (Å²) in [7, 11) is 0. The minimum absolute atomic E-state index is 0.0633. The molecule has 0 aliphatic carbocycles. The van der Waals surface area contributed by atoms with Crippen LogP contribution < -0.4 is 20.1 Å². The van der Waals surface area contributed by atoms with Crippen molar-refractivity contribution in [1.82, 2.24) is 10.6 Å². The van der Waals surface area contributed by atoms with E-state index in [2.05, 4.69) is 10.6 Å². The van der Waals surface area contributed by atoms with Crippen molar-refractivity contribution in [3.05, 3.63) is 23.8 Å². The third-order valence-corrected chi connectivity index (χ3v) is 3.87. The molecule has 1 aliphatic heterocycles. The first kappa shape index (κ1) is 18.3. The highest BCUT2D eigenvalue weighted by atomic mass is 16.7. The predicted molar refractivity (Wildman–Crippen MR) is 91.1 cm³/mol. The molecule has 1 aromatic carbocycles. The number of benzene rings is 1. The molecular formula is C18H26N2O4. The van der Waals surface area contributed by atoms with E-state index in [1.807, 2.05) is 39.0 Å². The van der Waals surface area contributed by atoms with Crippen LogP contribution in [-0.4, -0.2) is 30.6 Å². The van der Waals surface area contributed by atoms with Crippen LogP contribution in [0.25, 0.3) is 0 Å². The van der Waals surface area contributed by atoms with Gasteiger partial charge in [0.15, 0.2) is 11.5 Å². The summed E-state index contributed by atoms with van der Waals surface area (Å²) in [5.41, 5.74) is 0.572. The first-order valence-corrected chi connectivity index (χ1v) is 8.20. The van der Waals surface area contributed by atoms with Crippen molar-refractivity contribution in [1.29, 1.82) is 0 Å². The van der Waals surface area contributed by atoms with E-state index in [1.165, 1.54) is 6.92 Å². The minimum Gasteiger partial charge on any atom is -0.454 e. The standard InChI is InChI=1S/C18H26N2O4/c1-12(21)10-18(3,4)20-17(22)7-8-19-13(2)14-5-6-15-16(9-14)24-11-23-15/h5-6,9,13,19H,7-8,10-11H2,1-4H3,(H,20,22)/t13-/m0/s1. The second-order valence-electron chi connectivity index (χ2n) is 6.85. The Kier molecular flexibility index (Phi) is 5.83. The van der Waals surface area contributed by atoms with Gasteiger partial charge in [0.2, 0.25) is 12.7 Å². The van der Waals surface area contributed by atoms with Crippen LogP contribution in [0.3, 0.4) is 0 Å². The monoisotopic (exact) mass is 334 g/mol. The summed E-state index contributed by atoms with van der Waals surface area (Å²) in [4.78, 5) is 23.2. The van der Waals surface area contributed by atoms with Gasteiger partial charge in [-0.1, -0.05) is 6.07 Å². The number of Topliss-reactive ketones (excluding diaryl/α,β-unsaturated/α-hetero) is 1. The Bertz CT molecular complexity index is 613. The van der Waals surface area contributed by atoms with E-state index in [0.717, 1.165) is 17.1 Å². The van der Waals surface area contributed by atoms with Crippen LogP contribution in [0.5, 0.6) is 11.5 Å². The molecule has 0 aromatic heterocycles. The first-order chi connectivity index (χ1) is 11.3. The van der Waals surface area contributed by atoms with E-state index in [1.54, 1.807) is 0 Å². The summed E-state index contributed by atoms with van der Waals surface area (Å²) in [5.74, 6) is 1.52. The molecule has 0 radical (unpaired) electrons. The lowest BCUT2D eigenvalue weighted by molar-refractivity contribution is -0.123. The van der Waals surface area contributed by atoms with Gasteiger partial charge in [0.05, 0.1) is 0 Å². The fraction of sp³-hybridized carbons (Fsp3) is 0.556. The molecule has 0 unspecified atom stereocenters. The summed E-state index contributed by atoms with van der Waals surface area (Å²) in [6.45, 7) is 8.09. The molecule has 0 bridgehead atoms. The lowest BCUT2D eigenvalue weighted by Gasteiger charge is -2.25. The highest BCUT2D eigenvalue weighted by molar-refractivity contribution is 5.80. The van der Waals surface area contributed by atoms with Crippen LogP contribution in [0.2, 0.25) is 0 Å². The van der Waals surface area contributed by atoms with Crippen molar-refractivity contribution in [3.8, 4) is 11.5 Å². The van der Waals surface area contributed by atoms with Crippen molar-refractivity contribution in [2.75, 3.05) is 13.3 Å². The molecule has 1 amide bonds. The van der Waals surface area contributed by atoms with E-state index in [4.69, 9.17) is 9.47 Å². The lowest BCUT2D eigenvalue weighted by Crippen LogP contribution is -2.45. The van der Waals surface area contributed by atoms with Crippen molar-refractivity contribution in [2.45, 2.75) is 52.1 Å². The van der Waals surface area contributed by atoms with Gasteiger partial charge in [0, 0.05) is 31.0 Å². The number of rotatable bonds is 8. The van der Waals surface area contributed by atoms with E-state index in [9.17, 15) is 9.59 Å². The third-order valence-electron chi connectivity index (χ3n) is 3.87. The number of carbonyl (C=O) groups is 2. The van der Waals surface area contributed by atoms with E-state index in [0.29, 0.717) is 19.4 Å². The fourth-order valence-corrected chi connectivity index (χ4v) is 2.81. The van der Waals surface area contributed by atoms with Crippen LogP contribution in [0, 0.1) is 0 Å². The maximum Gasteiger partial charge on any atom is 0.231 e. The maximum absolute atomic E-state index is 12.0. The maximum atomic E-state index is 12.0. The predicted octanol–water partition coefficient (Wildman–Crippen LogP) is 2.33. The van der Waals surface area contributed by atoms with Gasteiger partial charge in [0.25, 0.3) is 0 Å². The summed E-state index contributed by atoms with van der Waals surface area (Å²) in [5, 5.41) is 6.22. The number of fused-ring (bicyclic) bond motifs is 1. The van der Waals surface area contributed by atoms with E-state index >= 15 is 0 Å². The van der Waals surface area contributed by atoms with Crippen LogP contribution in [0.4, 0.5) is 0 Å². The lowest BCUT2D eigenvalue weighted by atomic mass is 9.98. The largest absolute Gasteiger partial charge is 0.454 e. The van der Waals surface area contributed by atoms with Crippen molar-refractivity contribution >= 4 is 11.7 Å². The SMILES string of the molecule is CC(=O)CC(C)(C)NC(=O)CCN[C@@H](C)c1ccc2c(c1)OCO2.